The summed E-state index contributed by atoms with van der Waals surface area (Å²) in [7, 11) is -2.48. The molecule has 2 aliphatic carbocycles. The van der Waals surface area contributed by atoms with E-state index in [1.807, 2.05) is 49.1 Å². The third-order valence-corrected chi connectivity index (χ3v) is 13.8. The lowest BCUT2D eigenvalue weighted by Gasteiger charge is -2.35. The number of fused-ring (bicyclic) bond motifs is 10. The molecule has 2 saturated carbocycles. The van der Waals surface area contributed by atoms with Gasteiger partial charge in [-0.3, -0.25) is 19.1 Å². The molecule has 1 aromatic carbocycles. The van der Waals surface area contributed by atoms with Crippen LogP contribution in [0.1, 0.15) is 90.4 Å². The predicted octanol–water partition coefficient (Wildman–Crippen LogP) is 3.84. The van der Waals surface area contributed by atoms with E-state index >= 15 is 0 Å². The van der Waals surface area contributed by atoms with Crippen molar-refractivity contribution in [1.82, 2.24) is 40.1 Å². The average molecular weight is 804 g/mol. The van der Waals surface area contributed by atoms with E-state index in [2.05, 4.69) is 39.9 Å². The zero-order valence-electron chi connectivity index (χ0n) is 31.6. The first-order chi connectivity index (χ1) is 25.8. The van der Waals surface area contributed by atoms with Crippen molar-refractivity contribution in [3.8, 4) is 17.1 Å². The van der Waals surface area contributed by atoms with Crippen LogP contribution in [0.3, 0.4) is 0 Å². The number of benzene rings is 1. The van der Waals surface area contributed by atoms with E-state index in [0.29, 0.717) is 29.4 Å². The van der Waals surface area contributed by atoms with Crippen molar-refractivity contribution in [2.45, 2.75) is 120 Å². The number of rotatable bonds is 7. The molecule has 55 heavy (non-hydrogen) atoms. The van der Waals surface area contributed by atoms with Crippen molar-refractivity contribution < 1.29 is 36.3 Å². The highest BCUT2D eigenvalue weighted by molar-refractivity contribution is 7.91. The summed E-state index contributed by atoms with van der Waals surface area (Å²) in [6, 6.07) is 2.83. The van der Waals surface area contributed by atoms with Crippen molar-refractivity contribution in [1.29, 1.82) is 0 Å². The van der Waals surface area contributed by atoms with Crippen LogP contribution < -0.4 is 20.1 Å². The fraction of sp³-hybridized carbons (Fsp3) is 0.639. The smallest absolute Gasteiger partial charge is 0.259 e. The molecule has 0 spiro atoms. The van der Waals surface area contributed by atoms with E-state index in [-0.39, 0.29) is 18.4 Å². The monoisotopic (exact) mass is 803 g/mol. The molecule has 3 aromatic rings. The van der Waals surface area contributed by atoms with Gasteiger partial charge in [0.05, 0.1) is 30.0 Å². The molecule has 2 aromatic heterocycles. The Morgan fingerprint density at radius 2 is 1.93 bits per heavy atom. The number of anilines is 1. The van der Waals surface area contributed by atoms with Gasteiger partial charge in [0.25, 0.3) is 5.91 Å². The molecule has 1 saturated heterocycles. The Labute approximate surface area is 322 Å². The molecule has 2 aliphatic heterocycles. The maximum absolute atomic E-state index is 14.7. The second kappa shape index (κ2) is 14.0. The molecule has 15 nitrogen and oxygen atoms in total. The maximum atomic E-state index is 14.7. The van der Waals surface area contributed by atoms with Crippen LogP contribution in [0.2, 0.25) is 0 Å². The molecule has 3 N–H and O–H groups in total. The van der Waals surface area contributed by atoms with Gasteiger partial charge in [-0.2, -0.15) is 4.80 Å². The van der Waals surface area contributed by atoms with Gasteiger partial charge in [-0.1, -0.05) is 34.6 Å². The third kappa shape index (κ3) is 7.65. The molecule has 3 amide bonds. The standard InChI is InChI=1S/C36H47F2N9O6S2/c1-34(2,3)27-31(49)46-17-21(15-24(46)30(48)41-36(16-23(36)28(37)38)32(50)44-55(51,52)22-10-11-22)47-43-29(42-45-47)20-9-12-25(53-6)19(14-20)8-7-13-35(4,5)26-18-54-33(39-26)40-27/h9,12,14,18,21-24,27-28H,7-8,10-11,13,15-17H2,1-6H3,(H,39,40)(H,41,48)(H,44,50)/t21-,23+,24+,27-,36-/m1/s1. The fourth-order valence-electron chi connectivity index (χ4n) is 7.56. The zero-order valence-corrected chi connectivity index (χ0v) is 33.3. The SMILES string of the molecule is COc1ccc2cc1CCCC(C)(C)c1csc(n1)N[C@@H](C(C)(C)C)C(=O)N1C[C@@H](C[C@H]1C(=O)N[C@]1(C(=O)NS(=O)(=O)C3CC3)C[C@H]1C(F)F)n1nnc-2n1. The van der Waals surface area contributed by atoms with E-state index in [0.717, 1.165) is 36.3 Å². The lowest BCUT2D eigenvalue weighted by atomic mass is 9.83. The van der Waals surface area contributed by atoms with Crippen molar-refractivity contribution in [2.75, 3.05) is 19.0 Å². The topological polar surface area (TPSA) is 190 Å². The molecule has 0 radical (unpaired) electrons. The number of nitrogens with one attached hydrogen (secondary N) is 3. The minimum atomic E-state index is -4.10. The number of alkyl halides is 2. The van der Waals surface area contributed by atoms with Crippen molar-refractivity contribution in [3.05, 3.63) is 34.8 Å². The minimum Gasteiger partial charge on any atom is -0.496 e. The quantitative estimate of drug-likeness (QED) is 0.315. The second-order valence-electron chi connectivity index (χ2n) is 16.9. The van der Waals surface area contributed by atoms with E-state index < -0.39 is 80.8 Å². The molecule has 0 unspecified atom stereocenters. The number of amides is 3. The summed E-state index contributed by atoms with van der Waals surface area (Å²) in [6.07, 6.45) is -0.439. The number of carbonyl (C=O) groups excluding carboxylic acids is 3. The minimum absolute atomic E-state index is 0.0366. The van der Waals surface area contributed by atoms with E-state index in [1.165, 1.54) is 21.0 Å². The highest BCUT2D eigenvalue weighted by Crippen LogP contribution is 2.49. The number of hydrogen-bond acceptors (Lipinski definition) is 12. The van der Waals surface area contributed by atoms with Crippen LogP contribution in [-0.4, -0.2) is 99.2 Å². The van der Waals surface area contributed by atoms with Crippen LogP contribution in [0.5, 0.6) is 5.75 Å². The van der Waals surface area contributed by atoms with Crippen LogP contribution in [0.4, 0.5) is 13.9 Å². The summed E-state index contributed by atoms with van der Waals surface area (Å²) in [5.74, 6) is -3.10. The first-order valence-electron chi connectivity index (χ1n) is 18.5. The summed E-state index contributed by atoms with van der Waals surface area (Å²) in [5.41, 5.74) is -0.642. The van der Waals surface area contributed by atoms with Gasteiger partial charge in [0.15, 0.2) is 5.13 Å². The Balaban J connectivity index is 1.26. The molecule has 4 aliphatic rings. The number of aromatic nitrogens is 5. The summed E-state index contributed by atoms with van der Waals surface area (Å²) < 4.78 is 61.2. The van der Waals surface area contributed by atoms with Gasteiger partial charge in [-0.15, -0.1) is 21.5 Å². The van der Waals surface area contributed by atoms with E-state index in [1.54, 1.807) is 7.11 Å². The van der Waals surface area contributed by atoms with Gasteiger partial charge in [-0.05, 0) is 72.9 Å². The molecule has 8 bridgehead atoms. The molecule has 3 fully saturated rings. The normalized spacial score (nSPS) is 26.7. The van der Waals surface area contributed by atoms with Crippen LogP contribution in [0.25, 0.3) is 11.4 Å². The van der Waals surface area contributed by atoms with Gasteiger partial charge in [-0.25, -0.2) is 22.2 Å². The van der Waals surface area contributed by atoms with Crippen molar-refractivity contribution >= 4 is 44.2 Å². The molecular weight excluding hydrogens is 757 g/mol. The second-order valence-corrected chi connectivity index (χ2v) is 19.7. The fourth-order valence-corrected chi connectivity index (χ4v) is 9.85. The Bertz CT molecular complexity index is 2100. The molecule has 4 heterocycles. The van der Waals surface area contributed by atoms with Crippen LogP contribution in [0.15, 0.2) is 23.6 Å². The number of thiazole rings is 1. The van der Waals surface area contributed by atoms with Gasteiger partial charge in [0.2, 0.25) is 34.1 Å². The molecular formula is C36H47F2N9O6S2. The summed E-state index contributed by atoms with van der Waals surface area (Å²) in [5, 5.41) is 20.8. The predicted molar refractivity (Wildman–Crippen MR) is 199 cm³/mol. The Kier molecular flexibility index (Phi) is 9.95. The number of tetrazole rings is 1. The van der Waals surface area contributed by atoms with Gasteiger partial charge >= 0.3 is 0 Å². The highest BCUT2D eigenvalue weighted by Gasteiger charge is 2.67. The number of carbonyl (C=O) groups is 3. The number of halogens is 2. The molecule has 5 atom stereocenters. The van der Waals surface area contributed by atoms with Crippen molar-refractivity contribution in [2.24, 2.45) is 11.3 Å². The van der Waals surface area contributed by atoms with Crippen LogP contribution in [-0.2, 0) is 36.2 Å². The summed E-state index contributed by atoms with van der Waals surface area (Å²) in [6.45, 7) is 9.84. The lowest BCUT2D eigenvalue weighted by molar-refractivity contribution is -0.141. The number of ether oxygens (including phenoxy) is 1. The highest BCUT2D eigenvalue weighted by atomic mass is 32.2. The first kappa shape index (κ1) is 39.0. The first-order valence-corrected chi connectivity index (χ1v) is 20.9. The molecule has 19 heteroatoms. The molecule has 298 valence electrons. The maximum Gasteiger partial charge on any atom is 0.259 e. The number of sulfonamides is 1. The van der Waals surface area contributed by atoms with Crippen molar-refractivity contribution in [3.63, 3.8) is 0 Å². The van der Waals surface area contributed by atoms with Crippen LogP contribution >= 0.6 is 11.3 Å². The largest absolute Gasteiger partial charge is 0.496 e. The van der Waals surface area contributed by atoms with Gasteiger partial charge in [0.1, 0.15) is 23.4 Å². The summed E-state index contributed by atoms with van der Waals surface area (Å²) in [4.78, 5) is 50.1. The zero-order chi connectivity index (χ0) is 39.7. The average Bonchev–Trinajstić information content (AvgIpc) is 3.90. The van der Waals surface area contributed by atoms with Gasteiger partial charge in [0, 0.05) is 29.3 Å². The van der Waals surface area contributed by atoms with Gasteiger partial charge < -0.3 is 20.3 Å². The van der Waals surface area contributed by atoms with Crippen LogP contribution in [0, 0.1) is 11.3 Å². The summed E-state index contributed by atoms with van der Waals surface area (Å²) >= 11 is 1.37. The number of aryl methyl sites for hydroxylation is 1. The number of hydrogen-bond donors (Lipinski definition) is 3. The lowest BCUT2D eigenvalue weighted by Crippen LogP contribution is -2.59. The Morgan fingerprint density at radius 3 is 2.58 bits per heavy atom. The Hall–Kier alpha value is -4.26. The third-order valence-electron chi connectivity index (χ3n) is 11.3. The number of nitrogens with zero attached hydrogens (tertiary/aromatic N) is 6. The van der Waals surface area contributed by atoms with E-state index in [4.69, 9.17) is 9.72 Å². The number of methoxy groups -OCH3 is 1. The Morgan fingerprint density at radius 1 is 1.18 bits per heavy atom. The molecule has 7 rings (SSSR count). The van der Waals surface area contributed by atoms with E-state index in [9.17, 15) is 31.6 Å².